The maximum atomic E-state index is 13.1. The summed E-state index contributed by atoms with van der Waals surface area (Å²) in [6.45, 7) is 5.85. The first-order chi connectivity index (χ1) is 13.7. The molecule has 2 aromatic rings. The second-order valence-electron chi connectivity index (χ2n) is 7.76. The van der Waals surface area contributed by atoms with Crippen LogP contribution in [-0.2, 0) is 4.74 Å². The number of hydrogen-bond acceptors (Lipinski definition) is 6. The SMILES string of the molecule is Cc1noc(-c2ccccc2C(=O)NCC2(N3CCOCC3)CCCCC2)n1. The highest BCUT2D eigenvalue weighted by atomic mass is 16.5. The highest BCUT2D eigenvalue weighted by Crippen LogP contribution is 2.34. The molecule has 1 aromatic carbocycles. The molecular formula is C21H28N4O3. The van der Waals surface area contributed by atoms with E-state index in [1.807, 2.05) is 24.3 Å². The Kier molecular flexibility index (Phi) is 5.73. The number of hydrogen-bond donors (Lipinski definition) is 1. The van der Waals surface area contributed by atoms with E-state index in [1.54, 1.807) is 6.92 Å². The minimum absolute atomic E-state index is 0.0354. The number of rotatable bonds is 5. The molecule has 1 amide bonds. The van der Waals surface area contributed by atoms with Gasteiger partial charge in [-0.2, -0.15) is 4.98 Å². The number of nitrogens with one attached hydrogen (secondary N) is 1. The Hall–Kier alpha value is -2.25. The molecule has 0 bridgehead atoms. The van der Waals surface area contributed by atoms with E-state index in [2.05, 4.69) is 20.4 Å². The fourth-order valence-electron chi connectivity index (χ4n) is 4.47. The number of aromatic nitrogens is 2. The molecule has 2 aliphatic rings. The number of amides is 1. The summed E-state index contributed by atoms with van der Waals surface area (Å²) in [5.41, 5.74) is 1.28. The van der Waals surface area contributed by atoms with E-state index < -0.39 is 0 Å². The molecule has 7 heteroatoms. The zero-order valence-electron chi connectivity index (χ0n) is 16.4. The summed E-state index contributed by atoms with van der Waals surface area (Å²) in [5, 5.41) is 7.06. The standard InChI is InChI=1S/C21H28N4O3/c1-16-23-20(28-24-16)18-8-4-3-7-17(18)19(26)22-15-21(9-5-2-6-10-21)25-11-13-27-14-12-25/h3-4,7-8H,2,5-6,9-15H2,1H3,(H,22,26). The van der Waals surface area contributed by atoms with Gasteiger partial charge in [-0.25, -0.2) is 0 Å². The van der Waals surface area contributed by atoms with Gasteiger partial charge in [0.2, 0.25) is 0 Å². The molecule has 2 heterocycles. The molecule has 1 saturated carbocycles. The van der Waals surface area contributed by atoms with Gasteiger partial charge in [-0.3, -0.25) is 9.69 Å². The average molecular weight is 384 g/mol. The largest absolute Gasteiger partial charge is 0.379 e. The molecule has 1 aliphatic carbocycles. The van der Waals surface area contributed by atoms with Crippen molar-refractivity contribution in [2.75, 3.05) is 32.8 Å². The third kappa shape index (κ3) is 3.95. The normalized spacial score (nSPS) is 20.0. The first kappa shape index (κ1) is 19.1. The summed E-state index contributed by atoms with van der Waals surface area (Å²) in [4.78, 5) is 19.9. The lowest BCUT2D eigenvalue weighted by atomic mass is 9.79. The van der Waals surface area contributed by atoms with Crippen molar-refractivity contribution < 1.29 is 14.1 Å². The summed E-state index contributed by atoms with van der Waals surface area (Å²) in [6.07, 6.45) is 5.95. The fraction of sp³-hybridized carbons (Fsp3) is 0.571. The van der Waals surface area contributed by atoms with Gasteiger partial charge in [0.05, 0.1) is 24.3 Å². The van der Waals surface area contributed by atoms with Crippen LogP contribution in [0.15, 0.2) is 28.8 Å². The highest BCUT2D eigenvalue weighted by Gasteiger charge is 2.39. The van der Waals surface area contributed by atoms with Crippen molar-refractivity contribution in [1.82, 2.24) is 20.4 Å². The van der Waals surface area contributed by atoms with Crippen LogP contribution in [-0.4, -0.2) is 59.3 Å². The summed E-state index contributed by atoms with van der Waals surface area (Å²) >= 11 is 0. The topological polar surface area (TPSA) is 80.5 Å². The number of carbonyl (C=O) groups is 1. The van der Waals surface area contributed by atoms with Gasteiger partial charge in [0, 0.05) is 25.2 Å². The average Bonchev–Trinajstić information content (AvgIpc) is 3.19. The summed E-state index contributed by atoms with van der Waals surface area (Å²) in [7, 11) is 0. The van der Waals surface area contributed by atoms with Crippen molar-refractivity contribution >= 4 is 5.91 Å². The van der Waals surface area contributed by atoms with Crippen LogP contribution in [0, 0.1) is 6.92 Å². The van der Waals surface area contributed by atoms with Gasteiger partial charge in [0.25, 0.3) is 11.8 Å². The molecule has 1 N–H and O–H groups in total. The van der Waals surface area contributed by atoms with E-state index in [-0.39, 0.29) is 11.4 Å². The van der Waals surface area contributed by atoms with Gasteiger partial charge < -0.3 is 14.6 Å². The number of carbonyl (C=O) groups excluding carboxylic acids is 1. The lowest BCUT2D eigenvalue weighted by Crippen LogP contribution is -2.59. The third-order valence-corrected chi connectivity index (χ3v) is 5.97. The van der Waals surface area contributed by atoms with Crippen LogP contribution in [0.25, 0.3) is 11.5 Å². The van der Waals surface area contributed by atoms with Crippen LogP contribution in [0.4, 0.5) is 0 Å². The Balaban J connectivity index is 1.51. The zero-order valence-corrected chi connectivity index (χ0v) is 16.4. The van der Waals surface area contributed by atoms with E-state index in [1.165, 1.54) is 19.3 Å². The quantitative estimate of drug-likeness (QED) is 0.854. The van der Waals surface area contributed by atoms with E-state index >= 15 is 0 Å². The number of morpholine rings is 1. The van der Waals surface area contributed by atoms with Gasteiger partial charge in [0.15, 0.2) is 5.82 Å². The van der Waals surface area contributed by atoms with E-state index in [0.29, 0.717) is 29.4 Å². The lowest BCUT2D eigenvalue weighted by Gasteiger charge is -2.48. The van der Waals surface area contributed by atoms with Crippen LogP contribution >= 0.6 is 0 Å². The minimum Gasteiger partial charge on any atom is -0.379 e. The second-order valence-corrected chi connectivity index (χ2v) is 7.76. The smallest absolute Gasteiger partial charge is 0.258 e. The molecule has 0 radical (unpaired) electrons. The first-order valence-electron chi connectivity index (χ1n) is 10.2. The molecule has 0 unspecified atom stereocenters. The number of nitrogens with zero attached hydrogens (tertiary/aromatic N) is 3. The van der Waals surface area contributed by atoms with E-state index in [0.717, 1.165) is 39.1 Å². The van der Waals surface area contributed by atoms with Crippen LogP contribution in [0.5, 0.6) is 0 Å². The van der Waals surface area contributed by atoms with Gasteiger partial charge in [-0.1, -0.05) is 36.6 Å². The van der Waals surface area contributed by atoms with Crippen molar-refractivity contribution in [1.29, 1.82) is 0 Å². The lowest BCUT2D eigenvalue weighted by molar-refractivity contribution is -0.0361. The molecule has 1 aliphatic heterocycles. The summed E-state index contributed by atoms with van der Waals surface area (Å²) in [5.74, 6) is 0.840. The molecule has 1 aromatic heterocycles. The van der Waals surface area contributed by atoms with Crippen LogP contribution in [0.1, 0.15) is 48.3 Å². The highest BCUT2D eigenvalue weighted by molar-refractivity contribution is 6.00. The molecule has 0 spiro atoms. The van der Waals surface area contributed by atoms with E-state index in [4.69, 9.17) is 9.26 Å². The van der Waals surface area contributed by atoms with Crippen molar-refractivity contribution in [3.8, 4) is 11.5 Å². The van der Waals surface area contributed by atoms with Gasteiger partial charge in [-0.05, 0) is 31.9 Å². The maximum Gasteiger partial charge on any atom is 0.258 e. The third-order valence-electron chi connectivity index (χ3n) is 5.97. The van der Waals surface area contributed by atoms with Crippen LogP contribution < -0.4 is 5.32 Å². The Morgan fingerprint density at radius 2 is 1.93 bits per heavy atom. The Morgan fingerprint density at radius 3 is 2.64 bits per heavy atom. The molecule has 150 valence electrons. The van der Waals surface area contributed by atoms with Crippen LogP contribution in [0.3, 0.4) is 0 Å². The van der Waals surface area contributed by atoms with Crippen molar-refractivity contribution in [2.24, 2.45) is 0 Å². The molecule has 28 heavy (non-hydrogen) atoms. The first-order valence-corrected chi connectivity index (χ1v) is 10.2. The van der Waals surface area contributed by atoms with Crippen LogP contribution in [0.2, 0.25) is 0 Å². The molecule has 0 atom stereocenters. The Bertz CT molecular complexity index is 807. The molecule has 4 rings (SSSR count). The summed E-state index contributed by atoms with van der Waals surface area (Å²) in [6, 6.07) is 7.40. The number of aryl methyl sites for hydroxylation is 1. The molecule has 7 nitrogen and oxygen atoms in total. The zero-order chi connectivity index (χ0) is 19.4. The summed E-state index contributed by atoms with van der Waals surface area (Å²) < 4.78 is 10.8. The predicted molar refractivity (Wildman–Crippen MR) is 105 cm³/mol. The van der Waals surface area contributed by atoms with Gasteiger partial charge in [0.1, 0.15) is 0 Å². The fourth-order valence-corrected chi connectivity index (χ4v) is 4.47. The number of benzene rings is 1. The molecule has 1 saturated heterocycles. The van der Waals surface area contributed by atoms with Crippen molar-refractivity contribution in [3.63, 3.8) is 0 Å². The molecule has 2 fully saturated rings. The van der Waals surface area contributed by atoms with E-state index in [9.17, 15) is 4.79 Å². The Labute approximate surface area is 165 Å². The Morgan fingerprint density at radius 1 is 1.18 bits per heavy atom. The van der Waals surface area contributed by atoms with Crippen molar-refractivity contribution in [2.45, 2.75) is 44.6 Å². The second kappa shape index (κ2) is 8.41. The van der Waals surface area contributed by atoms with Crippen molar-refractivity contribution in [3.05, 3.63) is 35.7 Å². The number of ether oxygens (including phenoxy) is 1. The monoisotopic (exact) mass is 384 g/mol. The van der Waals surface area contributed by atoms with Gasteiger partial charge in [-0.15, -0.1) is 0 Å². The minimum atomic E-state index is -0.0929. The predicted octanol–water partition coefficient (Wildman–Crippen LogP) is 2.81. The molecular weight excluding hydrogens is 356 g/mol. The van der Waals surface area contributed by atoms with Gasteiger partial charge >= 0.3 is 0 Å². The maximum absolute atomic E-state index is 13.1.